The van der Waals surface area contributed by atoms with Crippen molar-refractivity contribution in [3.8, 4) is 0 Å². The van der Waals surface area contributed by atoms with Gasteiger partial charge in [0.25, 0.3) is 0 Å². The molecule has 0 aromatic heterocycles. The highest BCUT2D eigenvalue weighted by atomic mass is 16.5. The lowest BCUT2D eigenvalue weighted by molar-refractivity contribution is -0.160. The van der Waals surface area contributed by atoms with Crippen LogP contribution in [0.4, 0.5) is 0 Å². The van der Waals surface area contributed by atoms with Crippen molar-refractivity contribution in [2.24, 2.45) is 47.3 Å². The zero-order valence-electron chi connectivity index (χ0n) is 9.96. The van der Waals surface area contributed by atoms with Gasteiger partial charge in [0.2, 0.25) is 0 Å². The molecule has 0 N–H and O–H groups in total. The third-order valence-electron chi connectivity index (χ3n) is 5.88. The van der Waals surface area contributed by atoms with Crippen molar-refractivity contribution in [1.29, 1.82) is 0 Å². The lowest BCUT2D eigenvalue weighted by Gasteiger charge is -2.26. The number of hydrogen-bond acceptors (Lipinski definition) is 4. The highest BCUT2D eigenvalue weighted by Gasteiger charge is 2.82. The molecule has 0 aromatic rings. The molecule has 4 nitrogen and oxygen atoms in total. The third-order valence-corrected chi connectivity index (χ3v) is 5.88. The molecule has 0 aliphatic heterocycles. The maximum Gasteiger partial charge on any atom is 0.309 e. The number of esters is 2. The Balaban J connectivity index is 1.73. The molecule has 5 rings (SSSR count). The van der Waals surface area contributed by atoms with Crippen molar-refractivity contribution in [2.75, 3.05) is 14.2 Å². The molecule has 8 atom stereocenters. The van der Waals surface area contributed by atoms with Gasteiger partial charge in [-0.15, -0.1) is 0 Å². The second kappa shape index (κ2) is 2.85. The molecule has 0 aromatic carbocycles. The molecule has 2 unspecified atom stereocenters. The Hall–Kier alpha value is -1.06. The summed E-state index contributed by atoms with van der Waals surface area (Å²) in [5.41, 5.74) is 0. The molecular formula is C13H16O4. The van der Waals surface area contributed by atoms with E-state index in [9.17, 15) is 9.59 Å². The Morgan fingerprint density at radius 1 is 0.824 bits per heavy atom. The molecule has 6 bridgehead atoms. The summed E-state index contributed by atoms with van der Waals surface area (Å²) < 4.78 is 9.80. The van der Waals surface area contributed by atoms with Gasteiger partial charge >= 0.3 is 11.9 Å². The van der Waals surface area contributed by atoms with Gasteiger partial charge < -0.3 is 9.47 Å². The van der Waals surface area contributed by atoms with Gasteiger partial charge in [-0.2, -0.15) is 0 Å². The maximum absolute atomic E-state index is 11.9. The Labute approximate surface area is 99.6 Å². The molecule has 4 heteroatoms. The van der Waals surface area contributed by atoms with Gasteiger partial charge in [0.15, 0.2) is 0 Å². The molecule has 0 spiro atoms. The van der Waals surface area contributed by atoms with Crippen molar-refractivity contribution >= 4 is 11.9 Å². The highest BCUT2D eigenvalue weighted by molar-refractivity contribution is 5.84. The van der Waals surface area contributed by atoms with Crippen LogP contribution in [0.2, 0.25) is 0 Å². The second-order valence-electron chi connectivity index (χ2n) is 5.97. The van der Waals surface area contributed by atoms with Crippen LogP contribution in [0.15, 0.2) is 0 Å². The number of rotatable bonds is 2. The molecule has 0 amide bonds. The van der Waals surface area contributed by atoms with Crippen LogP contribution in [0, 0.1) is 47.3 Å². The second-order valence-corrected chi connectivity index (χ2v) is 5.97. The van der Waals surface area contributed by atoms with Crippen LogP contribution < -0.4 is 0 Å². The first-order chi connectivity index (χ1) is 8.20. The van der Waals surface area contributed by atoms with Crippen LogP contribution in [0.3, 0.4) is 0 Å². The van der Waals surface area contributed by atoms with Crippen molar-refractivity contribution < 1.29 is 19.1 Å². The standard InChI is InChI=1S/C13H16O4/c1-16-12(14)10-8-5-3-4-6(8)7(4)9(5)11(10)13(15)17-2/h4-11H,3H2,1-2H3/t4?,5?,6-,7-,8-,9+,10+,11-/m0/s1. The van der Waals surface area contributed by atoms with E-state index in [1.165, 1.54) is 20.6 Å². The fourth-order valence-electron chi connectivity index (χ4n) is 5.65. The highest BCUT2D eigenvalue weighted by Crippen LogP contribution is 2.83. The minimum atomic E-state index is -0.226. The first kappa shape index (κ1) is 9.92. The minimum absolute atomic E-state index is 0.205. The van der Waals surface area contributed by atoms with E-state index in [0.29, 0.717) is 17.8 Å². The van der Waals surface area contributed by atoms with Gasteiger partial charge in [-0.1, -0.05) is 0 Å². The normalized spacial score (nSPS) is 55.9. The molecule has 5 aliphatic carbocycles. The van der Waals surface area contributed by atoms with E-state index < -0.39 is 0 Å². The van der Waals surface area contributed by atoms with E-state index >= 15 is 0 Å². The summed E-state index contributed by atoms with van der Waals surface area (Å²) >= 11 is 0. The average Bonchev–Trinajstić information content (AvgIpc) is 2.75. The van der Waals surface area contributed by atoms with E-state index in [4.69, 9.17) is 9.47 Å². The van der Waals surface area contributed by atoms with Gasteiger partial charge in [-0.05, 0) is 41.9 Å². The Morgan fingerprint density at radius 3 is 1.59 bits per heavy atom. The lowest BCUT2D eigenvalue weighted by atomic mass is 9.79. The monoisotopic (exact) mass is 236 g/mol. The van der Waals surface area contributed by atoms with E-state index in [-0.39, 0.29) is 23.8 Å². The van der Waals surface area contributed by atoms with E-state index in [0.717, 1.165) is 17.8 Å². The molecule has 0 saturated heterocycles. The molecular weight excluding hydrogens is 220 g/mol. The summed E-state index contributed by atoms with van der Waals surface area (Å²) in [6.07, 6.45) is 1.23. The first-order valence-electron chi connectivity index (χ1n) is 6.36. The van der Waals surface area contributed by atoms with Crippen LogP contribution in [0.1, 0.15) is 6.42 Å². The smallest absolute Gasteiger partial charge is 0.309 e. The predicted octanol–water partition coefficient (Wildman–Crippen LogP) is 0.706. The molecule has 5 aliphatic rings. The Bertz CT molecular complexity index is 382. The molecule has 92 valence electrons. The Morgan fingerprint density at radius 2 is 1.24 bits per heavy atom. The molecule has 0 radical (unpaired) electrons. The van der Waals surface area contributed by atoms with Crippen molar-refractivity contribution in [2.45, 2.75) is 6.42 Å². The SMILES string of the molecule is COC(=O)[C@@H]1[C@H](C(=O)OC)[C@H]2C3CC4[C@H]2[C@H]4[C@@H]31. The maximum atomic E-state index is 11.9. The molecule has 17 heavy (non-hydrogen) atoms. The zero-order valence-corrected chi connectivity index (χ0v) is 9.96. The van der Waals surface area contributed by atoms with Crippen LogP contribution in [-0.2, 0) is 19.1 Å². The fourth-order valence-corrected chi connectivity index (χ4v) is 5.65. The number of carbonyl (C=O) groups is 2. The van der Waals surface area contributed by atoms with Crippen LogP contribution in [0.5, 0.6) is 0 Å². The summed E-state index contributed by atoms with van der Waals surface area (Å²) in [7, 11) is 2.83. The molecule has 0 heterocycles. The molecule has 5 saturated carbocycles. The third kappa shape index (κ3) is 0.893. The summed E-state index contributed by atoms with van der Waals surface area (Å²) in [6, 6.07) is 0. The van der Waals surface area contributed by atoms with E-state index in [2.05, 4.69) is 0 Å². The van der Waals surface area contributed by atoms with Crippen molar-refractivity contribution in [3.63, 3.8) is 0 Å². The first-order valence-corrected chi connectivity index (χ1v) is 6.36. The topological polar surface area (TPSA) is 52.6 Å². The summed E-state index contributed by atoms with van der Waals surface area (Å²) in [5, 5.41) is 0. The van der Waals surface area contributed by atoms with Crippen molar-refractivity contribution in [3.05, 3.63) is 0 Å². The van der Waals surface area contributed by atoms with Gasteiger partial charge in [0, 0.05) is 0 Å². The van der Waals surface area contributed by atoms with E-state index in [1.807, 2.05) is 0 Å². The van der Waals surface area contributed by atoms with Gasteiger partial charge in [-0.3, -0.25) is 9.59 Å². The quantitative estimate of drug-likeness (QED) is 0.662. The lowest BCUT2D eigenvalue weighted by Crippen LogP contribution is -2.37. The summed E-state index contributed by atoms with van der Waals surface area (Å²) in [6.45, 7) is 0. The summed E-state index contributed by atoms with van der Waals surface area (Å²) in [4.78, 5) is 23.9. The minimum Gasteiger partial charge on any atom is -0.469 e. The van der Waals surface area contributed by atoms with Crippen LogP contribution >= 0.6 is 0 Å². The van der Waals surface area contributed by atoms with Crippen molar-refractivity contribution in [1.82, 2.24) is 0 Å². The van der Waals surface area contributed by atoms with E-state index in [1.54, 1.807) is 0 Å². The van der Waals surface area contributed by atoms with Gasteiger partial charge in [-0.25, -0.2) is 0 Å². The number of carbonyl (C=O) groups excluding carboxylic acids is 2. The number of ether oxygens (including phenoxy) is 2. The number of methoxy groups -OCH3 is 2. The Kier molecular flexibility index (Phi) is 1.66. The zero-order chi connectivity index (χ0) is 11.9. The average molecular weight is 236 g/mol. The van der Waals surface area contributed by atoms with Gasteiger partial charge in [0.05, 0.1) is 26.1 Å². The molecule has 5 fully saturated rings. The fraction of sp³-hybridized carbons (Fsp3) is 0.846. The summed E-state index contributed by atoms with van der Waals surface area (Å²) in [5.74, 6) is 2.78. The van der Waals surface area contributed by atoms with Crippen LogP contribution in [0.25, 0.3) is 0 Å². The largest absolute Gasteiger partial charge is 0.469 e. The number of hydrogen-bond donors (Lipinski definition) is 0. The van der Waals surface area contributed by atoms with Gasteiger partial charge in [0.1, 0.15) is 0 Å². The van der Waals surface area contributed by atoms with Crippen LogP contribution in [-0.4, -0.2) is 26.2 Å². The predicted molar refractivity (Wildman–Crippen MR) is 56.6 cm³/mol.